The lowest BCUT2D eigenvalue weighted by atomic mass is 10.1. The van der Waals surface area contributed by atoms with Crippen molar-refractivity contribution in [3.05, 3.63) is 11.1 Å². The van der Waals surface area contributed by atoms with Crippen molar-refractivity contribution in [2.75, 3.05) is 16.8 Å². The van der Waals surface area contributed by atoms with E-state index in [1.807, 2.05) is 5.38 Å². The molecule has 0 aromatic carbocycles. The van der Waals surface area contributed by atoms with Crippen molar-refractivity contribution in [3.63, 3.8) is 0 Å². The van der Waals surface area contributed by atoms with Crippen LogP contribution in [0.1, 0.15) is 43.7 Å². The molecule has 3 heterocycles. The van der Waals surface area contributed by atoms with Crippen LogP contribution in [-0.4, -0.2) is 53.5 Å². The van der Waals surface area contributed by atoms with E-state index in [1.54, 1.807) is 0 Å². The topological polar surface area (TPSA) is 109 Å². The molecule has 1 unspecified atom stereocenters. The first-order valence-corrected chi connectivity index (χ1v) is 11.0. The van der Waals surface area contributed by atoms with E-state index in [1.165, 1.54) is 16.3 Å². The standard InChI is InChI=1S/C15H18N4O4S2/c20-13-4-3-11(18-19(13)10-5-6-25(22,23)8-10)14(21)17-15-16-12(7-24-15)9-1-2-9/h7,9-10H,1-6,8H2,(H,16,17,21). The maximum Gasteiger partial charge on any atom is 0.273 e. The molecule has 1 aromatic heterocycles. The Labute approximate surface area is 149 Å². The molecular formula is C15H18N4O4S2. The number of aromatic nitrogens is 1. The largest absolute Gasteiger partial charge is 0.297 e. The molecule has 10 heteroatoms. The third-order valence-electron chi connectivity index (χ3n) is 4.61. The molecule has 0 spiro atoms. The number of nitrogens with one attached hydrogen (secondary N) is 1. The smallest absolute Gasteiger partial charge is 0.273 e. The van der Waals surface area contributed by atoms with Crippen LogP contribution in [0.15, 0.2) is 10.5 Å². The summed E-state index contributed by atoms with van der Waals surface area (Å²) in [5.74, 6) is -0.124. The molecule has 2 aliphatic heterocycles. The highest BCUT2D eigenvalue weighted by Gasteiger charge is 2.37. The average molecular weight is 382 g/mol. The molecule has 1 aromatic rings. The first kappa shape index (κ1) is 16.6. The summed E-state index contributed by atoms with van der Waals surface area (Å²) in [6.45, 7) is 0. The molecule has 3 aliphatic rings. The zero-order valence-electron chi connectivity index (χ0n) is 13.5. The van der Waals surface area contributed by atoms with Crippen LogP contribution in [0, 0.1) is 0 Å². The van der Waals surface area contributed by atoms with E-state index in [-0.39, 0.29) is 41.9 Å². The fraction of sp³-hybridized carbons (Fsp3) is 0.600. The molecule has 1 saturated carbocycles. The SMILES string of the molecule is O=C(Nc1nc(C2CC2)cs1)C1=NN(C2CCS(=O)(=O)C2)C(=O)CC1. The molecule has 1 saturated heterocycles. The number of hydrogen-bond donors (Lipinski definition) is 1. The summed E-state index contributed by atoms with van der Waals surface area (Å²) in [5, 5.41) is 10.6. The molecule has 8 nitrogen and oxygen atoms in total. The number of hydrogen-bond acceptors (Lipinski definition) is 7. The third-order valence-corrected chi connectivity index (χ3v) is 7.14. The van der Waals surface area contributed by atoms with Crippen molar-refractivity contribution >= 4 is 43.8 Å². The fourth-order valence-electron chi connectivity index (χ4n) is 3.07. The van der Waals surface area contributed by atoms with Gasteiger partial charge in [0.25, 0.3) is 5.91 Å². The molecule has 1 N–H and O–H groups in total. The van der Waals surface area contributed by atoms with E-state index in [9.17, 15) is 18.0 Å². The number of sulfone groups is 1. The van der Waals surface area contributed by atoms with Crippen LogP contribution in [0.5, 0.6) is 0 Å². The lowest BCUT2D eigenvalue weighted by Gasteiger charge is -2.27. The fourth-order valence-corrected chi connectivity index (χ4v) is 5.55. The Kier molecular flexibility index (Phi) is 4.11. The molecule has 4 rings (SSSR count). The minimum Gasteiger partial charge on any atom is -0.297 e. The Bertz CT molecular complexity index is 857. The molecule has 0 radical (unpaired) electrons. The van der Waals surface area contributed by atoms with Gasteiger partial charge in [-0.25, -0.2) is 18.4 Å². The van der Waals surface area contributed by atoms with Gasteiger partial charge in [-0.05, 0) is 19.3 Å². The average Bonchev–Trinajstić information content (AvgIpc) is 3.21. The van der Waals surface area contributed by atoms with Crippen LogP contribution in [0.2, 0.25) is 0 Å². The minimum atomic E-state index is -3.13. The molecule has 1 atom stereocenters. The van der Waals surface area contributed by atoms with E-state index in [0.717, 1.165) is 18.5 Å². The lowest BCUT2D eigenvalue weighted by Crippen LogP contribution is -2.42. The number of nitrogens with zero attached hydrogens (tertiary/aromatic N) is 3. The summed E-state index contributed by atoms with van der Waals surface area (Å²) in [6.07, 6.45) is 3.07. The summed E-state index contributed by atoms with van der Waals surface area (Å²) in [5.41, 5.74) is 1.26. The Hall–Kier alpha value is -1.81. The predicted octanol–water partition coefficient (Wildman–Crippen LogP) is 1.12. The molecule has 134 valence electrons. The Morgan fingerprint density at radius 2 is 2.08 bits per heavy atom. The second-order valence-electron chi connectivity index (χ2n) is 6.65. The van der Waals surface area contributed by atoms with E-state index in [4.69, 9.17) is 0 Å². The number of carbonyl (C=O) groups excluding carboxylic acids is 2. The first-order valence-electron chi connectivity index (χ1n) is 8.28. The van der Waals surface area contributed by atoms with Crippen LogP contribution >= 0.6 is 11.3 Å². The monoisotopic (exact) mass is 382 g/mol. The highest BCUT2D eigenvalue weighted by Crippen LogP contribution is 2.40. The predicted molar refractivity (Wildman–Crippen MR) is 93.3 cm³/mol. The van der Waals surface area contributed by atoms with E-state index < -0.39 is 15.9 Å². The summed E-state index contributed by atoms with van der Waals surface area (Å²) in [4.78, 5) is 28.9. The summed E-state index contributed by atoms with van der Waals surface area (Å²) < 4.78 is 23.3. The van der Waals surface area contributed by atoms with Gasteiger partial charge in [0.2, 0.25) is 5.91 Å². The summed E-state index contributed by atoms with van der Waals surface area (Å²) in [7, 11) is -3.13. The number of rotatable bonds is 4. The van der Waals surface area contributed by atoms with Gasteiger partial charge in [-0.2, -0.15) is 5.10 Å². The zero-order chi connectivity index (χ0) is 17.6. The highest BCUT2D eigenvalue weighted by atomic mass is 32.2. The number of amides is 2. The van der Waals surface area contributed by atoms with Gasteiger partial charge in [0.1, 0.15) is 5.71 Å². The van der Waals surface area contributed by atoms with Gasteiger partial charge in [0.15, 0.2) is 15.0 Å². The quantitative estimate of drug-likeness (QED) is 0.839. The Morgan fingerprint density at radius 1 is 1.28 bits per heavy atom. The van der Waals surface area contributed by atoms with Gasteiger partial charge >= 0.3 is 0 Å². The summed E-state index contributed by atoms with van der Waals surface area (Å²) >= 11 is 1.38. The highest BCUT2D eigenvalue weighted by molar-refractivity contribution is 7.91. The second kappa shape index (κ2) is 6.17. The molecule has 2 fully saturated rings. The van der Waals surface area contributed by atoms with Crippen LogP contribution in [0.4, 0.5) is 5.13 Å². The van der Waals surface area contributed by atoms with Crippen LogP contribution in [0.3, 0.4) is 0 Å². The molecule has 0 bridgehead atoms. The van der Waals surface area contributed by atoms with Gasteiger partial charge in [0.05, 0.1) is 23.2 Å². The molecule has 1 aliphatic carbocycles. The van der Waals surface area contributed by atoms with Crippen molar-refractivity contribution < 1.29 is 18.0 Å². The second-order valence-corrected chi connectivity index (χ2v) is 9.73. The molecule has 2 amide bonds. The van der Waals surface area contributed by atoms with Crippen molar-refractivity contribution in [2.45, 2.75) is 44.1 Å². The molecule has 25 heavy (non-hydrogen) atoms. The van der Waals surface area contributed by atoms with Gasteiger partial charge in [-0.3, -0.25) is 14.9 Å². The van der Waals surface area contributed by atoms with E-state index in [0.29, 0.717) is 17.5 Å². The van der Waals surface area contributed by atoms with Gasteiger partial charge < -0.3 is 0 Å². The van der Waals surface area contributed by atoms with Crippen LogP contribution < -0.4 is 5.32 Å². The third kappa shape index (κ3) is 3.59. The maximum absolute atomic E-state index is 12.4. The van der Waals surface area contributed by atoms with E-state index >= 15 is 0 Å². The minimum absolute atomic E-state index is 0.0571. The van der Waals surface area contributed by atoms with Gasteiger partial charge in [-0.1, -0.05) is 0 Å². The number of carbonyl (C=O) groups is 2. The van der Waals surface area contributed by atoms with Gasteiger partial charge in [-0.15, -0.1) is 11.3 Å². The lowest BCUT2D eigenvalue weighted by molar-refractivity contribution is -0.133. The van der Waals surface area contributed by atoms with E-state index in [2.05, 4.69) is 15.4 Å². The van der Waals surface area contributed by atoms with Crippen molar-refractivity contribution in [1.29, 1.82) is 0 Å². The van der Waals surface area contributed by atoms with Crippen molar-refractivity contribution in [1.82, 2.24) is 9.99 Å². The summed E-state index contributed by atoms with van der Waals surface area (Å²) in [6, 6.07) is -0.470. The zero-order valence-corrected chi connectivity index (χ0v) is 15.1. The van der Waals surface area contributed by atoms with Crippen molar-refractivity contribution in [3.8, 4) is 0 Å². The first-order chi connectivity index (χ1) is 11.9. The Morgan fingerprint density at radius 3 is 2.76 bits per heavy atom. The van der Waals surface area contributed by atoms with Gasteiger partial charge in [0, 0.05) is 24.1 Å². The van der Waals surface area contributed by atoms with Crippen LogP contribution in [0.25, 0.3) is 0 Å². The number of hydrazone groups is 1. The Balaban J connectivity index is 1.47. The normalized spacial score (nSPS) is 25.8. The van der Waals surface area contributed by atoms with Crippen LogP contribution in [-0.2, 0) is 19.4 Å². The number of thiazole rings is 1. The molecular weight excluding hydrogens is 364 g/mol. The van der Waals surface area contributed by atoms with Crippen molar-refractivity contribution in [2.24, 2.45) is 5.10 Å². The number of anilines is 1. The maximum atomic E-state index is 12.4.